The quantitative estimate of drug-likeness (QED) is 0.629. The summed E-state index contributed by atoms with van der Waals surface area (Å²) < 4.78 is 2.23. The van der Waals surface area contributed by atoms with E-state index in [4.69, 9.17) is 5.73 Å². The second kappa shape index (κ2) is 3.37. The third-order valence-electron chi connectivity index (χ3n) is 3.09. The van der Waals surface area contributed by atoms with Gasteiger partial charge < -0.3 is 10.3 Å². The van der Waals surface area contributed by atoms with E-state index in [1.165, 1.54) is 18.7 Å². The van der Waals surface area contributed by atoms with Gasteiger partial charge in [0.05, 0.1) is 11.2 Å². The molecule has 3 rings (SSSR count). The maximum Gasteiger partial charge on any atom is 0.113 e. The average Bonchev–Trinajstić information content (AvgIpc) is 3.05. The summed E-state index contributed by atoms with van der Waals surface area (Å²) in [4.78, 5) is 4.68. The van der Waals surface area contributed by atoms with Crippen molar-refractivity contribution in [3.8, 4) is 0 Å². The van der Waals surface area contributed by atoms with Gasteiger partial charge in [-0.15, -0.1) is 6.58 Å². The van der Waals surface area contributed by atoms with Gasteiger partial charge in [-0.05, 0) is 25.0 Å². The summed E-state index contributed by atoms with van der Waals surface area (Å²) in [6.45, 7) is 4.62. The van der Waals surface area contributed by atoms with E-state index in [-0.39, 0.29) is 0 Å². The Balaban J connectivity index is 2.27. The van der Waals surface area contributed by atoms with Crippen LogP contribution in [0.15, 0.2) is 30.9 Å². The van der Waals surface area contributed by atoms with Crippen molar-refractivity contribution in [3.05, 3.63) is 36.7 Å². The first-order valence-electron chi connectivity index (χ1n) is 5.67. The van der Waals surface area contributed by atoms with E-state index in [0.717, 1.165) is 23.3 Å². The molecule has 1 aromatic heterocycles. The number of para-hydroxylation sites is 1. The highest BCUT2D eigenvalue weighted by atomic mass is 15.1. The number of allylic oxidation sites excluding steroid dienone is 1. The Morgan fingerprint density at radius 3 is 3.00 bits per heavy atom. The topological polar surface area (TPSA) is 43.8 Å². The lowest BCUT2D eigenvalue weighted by Crippen LogP contribution is -2.00. The molecule has 1 fully saturated rings. The summed E-state index contributed by atoms with van der Waals surface area (Å²) in [5, 5.41) is 0. The van der Waals surface area contributed by atoms with Crippen molar-refractivity contribution >= 4 is 16.7 Å². The van der Waals surface area contributed by atoms with E-state index in [0.29, 0.717) is 5.92 Å². The maximum atomic E-state index is 5.95. The molecule has 0 amide bonds. The summed E-state index contributed by atoms with van der Waals surface area (Å²) in [5.74, 6) is 1.81. The number of rotatable bonds is 3. The predicted octanol–water partition coefficient (Wildman–Crippen LogP) is 2.68. The molecular weight excluding hydrogens is 198 g/mol. The first-order chi connectivity index (χ1) is 7.81. The van der Waals surface area contributed by atoms with Crippen molar-refractivity contribution in [2.75, 3.05) is 5.73 Å². The molecule has 0 saturated heterocycles. The van der Waals surface area contributed by atoms with Crippen LogP contribution in [0.25, 0.3) is 11.0 Å². The van der Waals surface area contributed by atoms with E-state index in [9.17, 15) is 0 Å². The fourth-order valence-corrected chi connectivity index (χ4v) is 2.16. The number of nitrogens with zero attached hydrogens (tertiary/aromatic N) is 2. The van der Waals surface area contributed by atoms with Crippen LogP contribution in [0.4, 0.5) is 5.69 Å². The van der Waals surface area contributed by atoms with Gasteiger partial charge in [0.2, 0.25) is 0 Å². The summed E-state index contributed by atoms with van der Waals surface area (Å²) in [6, 6.07) is 5.97. The molecule has 0 radical (unpaired) electrons. The molecule has 1 aliphatic rings. The van der Waals surface area contributed by atoms with Crippen LogP contribution < -0.4 is 5.73 Å². The molecule has 3 heteroatoms. The number of benzene rings is 1. The molecule has 1 saturated carbocycles. The van der Waals surface area contributed by atoms with Gasteiger partial charge in [-0.1, -0.05) is 12.1 Å². The summed E-state index contributed by atoms with van der Waals surface area (Å²) in [6.07, 6.45) is 4.41. The van der Waals surface area contributed by atoms with Crippen molar-refractivity contribution < 1.29 is 0 Å². The average molecular weight is 213 g/mol. The van der Waals surface area contributed by atoms with Crippen LogP contribution in [0.5, 0.6) is 0 Å². The van der Waals surface area contributed by atoms with E-state index in [2.05, 4.69) is 22.2 Å². The smallest absolute Gasteiger partial charge is 0.113 e. The standard InChI is InChI=1S/C13H15N3/c1-2-8-16-11-5-3-4-10(14)12(11)15-13(16)9-6-7-9/h2-5,9H,1,6-8,14H2. The van der Waals surface area contributed by atoms with Crippen molar-refractivity contribution in [1.82, 2.24) is 9.55 Å². The molecule has 0 aliphatic heterocycles. The zero-order valence-electron chi connectivity index (χ0n) is 9.19. The van der Waals surface area contributed by atoms with Gasteiger partial charge in [0.25, 0.3) is 0 Å². The normalized spacial score (nSPS) is 15.5. The van der Waals surface area contributed by atoms with Crippen LogP contribution in [-0.4, -0.2) is 9.55 Å². The van der Waals surface area contributed by atoms with Crippen molar-refractivity contribution in [2.24, 2.45) is 0 Å². The minimum absolute atomic E-state index is 0.631. The molecule has 1 heterocycles. The van der Waals surface area contributed by atoms with Gasteiger partial charge >= 0.3 is 0 Å². The van der Waals surface area contributed by atoms with Gasteiger partial charge in [0, 0.05) is 12.5 Å². The number of nitrogen functional groups attached to an aromatic ring is 1. The van der Waals surface area contributed by atoms with Gasteiger partial charge in [0.15, 0.2) is 0 Å². The Morgan fingerprint density at radius 2 is 2.31 bits per heavy atom. The molecule has 82 valence electrons. The van der Waals surface area contributed by atoms with Crippen LogP contribution in [0, 0.1) is 0 Å². The van der Waals surface area contributed by atoms with Gasteiger partial charge in [0.1, 0.15) is 11.3 Å². The minimum Gasteiger partial charge on any atom is -0.397 e. The molecular formula is C13H15N3. The molecule has 2 aromatic rings. The molecule has 3 nitrogen and oxygen atoms in total. The third kappa shape index (κ3) is 1.32. The van der Waals surface area contributed by atoms with Gasteiger partial charge in [-0.2, -0.15) is 0 Å². The Kier molecular flexibility index (Phi) is 1.99. The van der Waals surface area contributed by atoms with Gasteiger partial charge in [-0.25, -0.2) is 4.98 Å². The van der Waals surface area contributed by atoms with E-state index >= 15 is 0 Å². The summed E-state index contributed by atoms with van der Waals surface area (Å²) in [7, 11) is 0. The molecule has 0 bridgehead atoms. The first-order valence-corrected chi connectivity index (χ1v) is 5.67. The molecule has 1 aliphatic carbocycles. The highest BCUT2D eigenvalue weighted by Gasteiger charge is 2.29. The van der Waals surface area contributed by atoms with Crippen LogP contribution in [0.2, 0.25) is 0 Å². The van der Waals surface area contributed by atoms with Crippen LogP contribution >= 0.6 is 0 Å². The number of anilines is 1. The Hall–Kier alpha value is -1.77. The second-order valence-corrected chi connectivity index (χ2v) is 4.36. The van der Waals surface area contributed by atoms with Crippen molar-refractivity contribution in [2.45, 2.75) is 25.3 Å². The highest BCUT2D eigenvalue weighted by Crippen LogP contribution is 2.41. The molecule has 2 N–H and O–H groups in total. The fraction of sp³-hybridized carbons (Fsp3) is 0.308. The number of hydrogen-bond donors (Lipinski definition) is 1. The SMILES string of the molecule is C=CCn1c(C2CC2)nc2c(N)cccc21. The lowest BCUT2D eigenvalue weighted by Gasteiger charge is -2.04. The number of imidazole rings is 1. The Labute approximate surface area is 94.6 Å². The number of nitrogens with two attached hydrogens (primary N) is 1. The van der Waals surface area contributed by atoms with E-state index in [1.54, 1.807) is 0 Å². The predicted molar refractivity (Wildman–Crippen MR) is 66.3 cm³/mol. The number of fused-ring (bicyclic) bond motifs is 1. The molecule has 1 aromatic carbocycles. The second-order valence-electron chi connectivity index (χ2n) is 4.36. The first kappa shape index (κ1) is 9.46. The Bertz CT molecular complexity index is 550. The van der Waals surface area contributed by atoms with Crippen LogP contribution in [-0.2, 0) is 6.54 Å². The molecule has 16 heavy (non-hydrogen) atoms. The lowest BCUT2D eigenvalue weighted by atomic mass is 10.3. The van der Waals surface area contributed by atoms with Gasteiger partial charge in [-0.3, -0.25) is 0 Å². The fourth-order valence-electron chi connectivity index (χ4n) is 2.16. The highest BCUT2D eigenvalue weighted by molar-refractivity contribution is 5.87. The zero-order valence-corrected chi connectivity index (χ0v) is 9.19. The van der Waals surface area contributed by atoms with Crippen LogP contribution in [0.1, 0.15) is 24.6 Å². The maximum absolute atomic E-state index is 5.95. The summed E-state index contributed by atoms with van der Waals surface area (Å²) >= 11 is 0. The molecule has 0 atom stereocenters. The summed E-state index contributed by atoms with van der Waals surface area (Å²) in [5.41, 5.74) is 8.78. The van der Waals surface area contributed by atoms with Crippen molar-refractivity contribution in [3.63, 3.8) is 0 Å². The number of hydrogen-bond acceptors (Lipinski definition) is 2. The molecule has 0 unspecified atom stereocenters. The van der Waals surface area contributed by atoms with Crippen molar-refractivity contribution in [1.29, 1.82) is 0 Å². The molecule has 0 spiro atoms. The van der Waals surface area contributed by atoms with E-state index in [1.807, 2.05) is 18.2 Å². The Morgan fingerprint density at radius 1 is 1.50 bits per heavy atom. The minimum atomic E-state index is 0.631. The monoisotopic (exact) mass is 213 g/mol. The third-order valence-corrected chi connectivity index (χ3v) is 3.09. The lowest BCUT2D eigenvalue weighted by molar-refractivity contribution is 0.763. The van der Waals surface area contributed by atoms with E-state index < -0.39 is 0 Å². The zero-order chi connectivity index (χ0) is 11.1. The number of aromatic nitrogens is 2. The largest absolute Gasteiger partial charge is 0.397 e. The van der Waals surface area contributed by atoms with Crippen LogP contribution in [0.3, 0.4) is 0 Å².